The number of hydrogen-bond donors (Lipinski definition) is 3. The Kier molecular flexibility index (Phi) is 10.7. The summed E-state index contributed by atoms with van der Waals surface area (Å²) in [6.07, 6.45) is 3.64. The molecule has 0 aliphatic rings. The highest BCUT2D eigenvalue weighted by Gasteiger charge is 2.18. The van der Waals surface area contributed by atoms with Crippen molar-refractivity contribution in [1.29, 1.82) is 0 Å². The van der Waals surface area contributed by atoms with Crippen molar-refractivity contribution in [3.8, 4) is 11.5 Å². The number of aromatic nitrogens is 2. The third-order valence-corrected chi connectivity index (χ3v) is 5.18. The molecule has 1 atom stereocenters. The maximum absolute atomic E-state index is 11.1. The highest BCUT2D eigenvalue weighted by molar-refractivity contribution is 5.65. The largest absolute Gasteiger partial charge is 0.496 e. The van der Waals surface area contributed by atoms with Crippen LogP contribution in [0.5, 0.6) is 11.5 Å². The molecule has 2 aromatic rings. The molecule has 0 bridgehead atoms. The molecule has 9 heteroatoms. The van der Waals surface area contributed by atoms with Gasteiger partial charge in [-0.3, -0.25) is 4.79 Å². The first-order valence-electron chi connectivity index (χ1n) is 11.3. The fourth-order valence-corrected chi connectivity index (χ4v) is 3.53. The summed E-state index contributed by atoms with van der Waals surface area (Å²) in [4.78, 5) is 20.0. The van der Waals surface area contributed by atoms with Gasteiger partial charge in [-0.2, -0.15) is 4.98 Å². The highest BCUT2D eigenvalue weighted by atomic mass is 16.5. The number of hydrogen-bond acceptors (Lipinski definition) is 9. The number of benzene rings is 1. The van der Waals surface area contributed by atoms with Gasteiger partial charge in [0, 0.05) is 56.2 Å². The van der Waals surface area contributed by atoms with Crippen molar-refractivity contribution < 1.29 is 24.1 Å². The Morgan fingerprint density at radius 3 is 2.70 bits per heavy atom. The lowest BCUT2D eigenvalue weighted by Gasteiger charge is -2.22. The van der Waals surface area contributed by atoms with Crippen LogP contribution < -0.4 is 20.5 Å². The van der Waals surface area contributed by atoms with E-state index in [-0.39, 0.29) is 24.6 Å². The number of carbonyl (C=O) groups excluding carboxylic acids is 1. The molecular formula is C24H36N4O5. The highest BCUT2D eigenvalue weighted by Crippen LogP contribution is 2.30. The van der Waals surface area contributed by atoms with Crippen LogP contribution in [-0.4, -0.2) is 54.0 Å². The Bertz CT molecular complexity index is 907. The SMILES string of the molecule is CCC[C@H](CCOC(C)=O)Nc1nc(N)nc(C)c1Cc1ccc(OCCCO)cc1OC. The first kappa shape index (κ1) is 26.2. The summed E-state index contributed by atoms with van der Waals surface area (Å²) in [6.45, 7) is 6.28. The van der Waals surface area contributed by atoms with Crippen molar-refractivity contribution in [1.82, 2.24) is 9.97 Å². The number of aryl methyl sites for hydroxylation is 1. The molecule has 0 saturated heterocycles. The van der Waals surface area contributed by atoms with E-state index < -0.39 is 0 Å². The average molecular weight is 461 g/mol. The molecule has 4 N–H and O–H groups in total. The van der Waals surface area contributed by atoms with Crippen LogP contribution in [0.15, 0.2) is 18.2 Å². The Morgan fingerprint density at radius 1 is 1.24 bits per heavy atom. The fraction of sp³-hybridized carbons (Fsp3) is 0.542. The minimum atomic E-state index is -0.288. The predicted molar refractivity (Wildman–Crippen MR) is 128 cm³/mol. The van der Waals surface area contributed by atoms with Gasteiger partial charge in [0.25, 0.3) is 0 Å². The maximum atomic E-state index is 11.1. The zero-order chi connectivity index (χ0) is 24.2. The molecule has 1 aromatic carbocycles. The van der Waals surface area contributed by atoms with Crippen molar-refractivity contribution in [3.63, 3.8) is 0 Å². The molecule has 0 radical (unpaired) electrons. The second-order valence-corrected chi connectivity index (χ2v) is 7.83. The van der Waals surface area contributed by atoms with Crippen LogP contribution >= 0.6 is 0 Å². The van der Waals surface area contributed by atoms with Crippen LogP contribution in [0.4, 0.5) is 11.8 Å². The molecule has 0 aliphatic heterocycles. The monoisotopic (exact) mass is 460 g/mol. The zero-order valence-corrected chi connectivity index (χ0v) is 20.0. The first-order valence-corrected chi connectivity index (χ1v) is 11.3. The predicted octanol–water partition coefficient (Wildman–Crippen LogP) is 3.26. The zero-order valence-electron chi connectivity index (χ0n) is 20.0. The molecule has 0 unspecified atom stereocenters. The van der Waals surface area contributed by atoms with E-state index >= 15 is 0 Å². The smallest absolute Gasteiger partial charge is 0.302 e. The molecule has 1 heterocycles. The van der Waals surface area contributed by atoms with Gasteiger partial charge in [-0.15, -0.1) is 0 Å². The Hall–Kier alpha value is -3.07. The summed E-state index contributed by atoms with van der Waals surface area (Å²) in [5.74, 6) is 1.96. The number of nitrogen functional groups attached to an aromatic ring is 1. The van der Waals surface area contributed by atoms with E-state index in [1.54, 1.807) is 7.11 Å². The lowest BCUT2D eigenvalue weighted by atomic mass is 10.0. The minimum Gasteiger partial charge on any atom is -0.496 e. The van der Waals surface area contributed by atoms with Crippen LogP contribution in [0.1, 0.15) is 56.4 Å². The molecule has 0 saturated carbocycles. The second-order valence-electron chi connectivity index (χ2n) is 7.83. The number of nitrogens with one attached hydrogen (secondary N) is 1. The van der Waals surface area contributed by atoms with E-state index in [4.69, 9.17) is 25.1 Å². The number of aliphatic hydroxyl groups is 1. The third-order valence-electron chi connectivity index (χ3n) is 5.18. The molecule has 182 valence electrons. The summed E-state index contributed by atoms with van der Waals surface area (Å²) in [5, 5.41) is 12.4. The van der Waals surface area contributed by atoms with Crippen molar-refractivity contribution in [3.05, 3.63) is 35.0 Å². The van der Waals surface area contributed by atoms with Gasteiger partial charge < -0.3 is 30.4 Å². The van der Waals surface area contributed by atoms with E-state index in [2.05, 4.69) is 22.2 Å². The summed E-state index contributed by atoms with van der Waals surface area (Å²) >= 11 is 0. The van der Waals surface area contributed by atoms with Crippen LogP contribution in [0.2, 0.25) is 0 Å². The van der Waals surface area contributed by atoms with Gasteiger partial charge in [0.15, 0.2) is 0 Å². The second kappa shape index (κ2) is 13.5. The van der Waals surface area contributed by atoms with Gasteiger partial charge in [-0.25, -0.2) is 4.98 Å². The maximum Gasteiger partial charge on any atom is 0.302 e. The summed E-state index contributed by atoms with van der Waals surface area (Å²) in [6, 6.07) is 5.75. The quantitative estimate of drug-likeness (QED) is 0.287. The normalized spacial score (nSPS) is 11.7. The van der Waals surface area contributed by atoms with E-state index in [1.165, 1.54) is 6.92 Å². The minimum absolute atomic E-state index is 0.0750. The number of anilines is 2. The molecule has 0 spiro atoms. The number of rotatable bonds is 14. The Morgan fingerprint density at radius 2 is 2.03 bits per heavy atom. The molecule has 2 rings (SSSR count). The van der Waals surface area contributed by atoms with Crippen molar-refractivity contribution in [2.45, 2.75) is 58.9 Å². The average Bonchev–Trinajstić information content (AvgIpc) is 2.76. The standard InChI is InChI=1S/C24H36N4O5/c1-5-7-19(10-13-32-17(3)30)27-23-21(16(2)26-24(25)28-23)14-18-8-9-20(15-22(18)31-4)33-12-6-11-29/h8-9,15,19,29H,5-7,10-14H2,1-4H3,(H3,25,26,27,28)/t19-/m1/s1. The summed E-state index contributed by atoms with van der Waals surface area (Å²) in [7, 11) is 1.62. The molecule has 33 heavy (non-hydrogen) atoms. The molecule has 1 aromatic heterocycles. The van der Waals surface area contributed by atoms with Crippen LogP contribution in [-0.2, 0) is 16.0 Å². The fourth-order valence-electron chi connectivity index (χ4n) is 3.53. The van der Waals surface area contributed by atoms with E-state index in [9.17, 15) is 4.79 Å². The molecule has 0 amide bonds. The Labute approximate surface area is 195 Å². The van der Waals surface area contributed by atoms with Gasteiger partial charge in [0.1, 0.15) is 17.3 Å². The number of carbonyl (C=O) groups is 1. The van der Waals surface area contributed by atoms with Gasteiger partial charge in [-0.05, 0) is 25.0 Å². The molecule has 0 aliphatic carbocycles. The van der Waals surface area contributed by atoms with Crippen LogP contribution in [0.25, 0.3) is 0 Å². The van der Waals surface area contributed by atoms with Crippen molar-refractivity contribution in [2.75, 3.05) is 38.0 Å². The molecular weight excluding hydrogens is 424 g/mol. The summed E-state index contributed by atoms with van der Waals surface area (Å²) in [5.41, 5.74) is 8.62. The number of aliphatic hydroxyl groups excluding tert-OH is 1. The number of esters is 1. The van der Waals surface area contributed by atoms with Crippen molar-refractivity contribution >= 4 is 17.7 Å². The lowest BCUT2D eigenvalue weighted by Crippen LogP contribution is -2.24. The number of nitrogens with two attached hydrogens (primary N) is 1. The van der Waals surface area contributed by atoms with Crippen LogP contribution in [0, 0.1) is 6.92 Å². The molecule has 0 fully saturated rings. The van der Waals surface area contributed by atoms with Gasteiger partial charge in [-0.1, -0.05) is 19.4 Å². The van der Waals surface area contributed by atoms with Gasteiger partial charge in [0.2, 0.25) is 5.95 Å². The lowest BCUT2D eigenvalue weighted by molar-refractivity contribution is -0.141. The van der Waals surface area contributed by atoms with E-state index in [0.717, 1.165) is 29.7 Å². The van der Waals surface area contributed by atoms with Gasteiger partial charge in [0.05, 0.1) is 20.3 Å². The number of ether oxygens (including phenoxy) is 3. The van der Waals surface area contributed by atoms with Gasteiger partial charge >= 0.3 is 5.97 Å². The van der Waals surface area contributed by atoms with E-state index in [1.807, 2.05) is 25.1 Å². The third kappa shape index (κ3) is 8.42. The Balaban J connectivity index is 2.27. The number of nitrogens with zero attached hydrogens (tertiary/aromatic N) is 2. The summed E-state index contributed by atoms with van der Waals surface area (Å²) < 4.78 is 16.4. The van der Waals surface area contributed by atoms with Crippen LogP contribution in [0.3, 0.4) is 0 Å². The molecule has 9 nitrogen and oxygen atoms in total. The number of methoxy groups -OCH3 is 1. The van der Waals surface area contributed by atoms with E-state index in [0.29, 0.717) is 49.8 Å². The first-order chi connectivity index (χ1) is 15.9. The van der Waals surface area contributed by atoms with Crippen molar-refractivity contribution in [2.24, 2.45) is 0 Å². The topological polar surface area (TPSA) is 129 Å².